The zero-order valence-electron chi connectivity index (χ0n) is 5.35. The van der Waals surface area contributed by atoms with Crippen molar-refractivity contribution in [1.29, 1.82) is 5.26 Å². The van der Waals surface area contributed by atoms with Gasteiger partial charge in [-0.1, -0.05) is 20.3 Å². The summed E-state index contributed by atoms with van der Waals surface area (Å²) in [6.45, 7) is 4.69. The van der Waals surface area contributed by atoms with E-state index in [1.807, 2.05) is 0 Å². The Balaban J connectivity index is 3.01. The van der Waals surface area contributed by atoms with Gasteiger partial charge in [0.2, 0.25) is 0 Å². The maximum Gasteiger partial charge on any atom is 0.286 e. The van der Waals surface area contributed by atoms with Crippen LogP contribution in [0.15, 0.2) is 0 Å². The van der Waals surface area contributed by atoms with Gasteiger partial charge in [0.25, 0.3) is 6.26 Å². The molecule has 0 aliphatic heterocycles. The normalized spacial score (nSPS) is 12.1. The highest BCUT2D eigenvalue weighted by atomic mass is 16.5. The first-order valence-electron chi connectivity index (χ1n) is 2.82. The molecule has 0 aromatic rings. The Morgan fingerprint density at radius 2 is 2.38 bits per heavy atom. The van der Waals surface area contributed by atoms with Crippen LogP contribution in [0.4, 0.5) is 0 Å². The first kappa shape index (κ1) is 7.29. The molecule has 2 nitrogen and oxygen atoms in total. The maximum atomic E-state index is 7.94. The molecule has 1 unspecified atom stereocenters. The second-order valence-electron chi connectivity index (χ2n) is 1.92. The summed E-state index contributed by atoms with van der Waals surface area (Å²) in [4.78, 5) is 0. The van der Waals surface area contributed by atoms with E-state index in [0.717, 1.165) is 6.42 Å². The van der Waals surface area contributed by atoms with Gasteiger partial charge in [-0.15, -0.1) is 0 Å². The van der Waals surface area contributed by atoms with Crippen LogP contribution in [-0.4, -0.2) is 6.61 Å². The van der Waals surface area contributed by atoms with Crippen molar-refractivity contribution in [3.05, 3.63) is 0 Å². The number of hydrogen-bond acceptors (Lipinski definition) is 2. The zero-order chi connectivity index (χ0) is 6.41. The van der Waals surface area contributed by atoms with E-state index in [1.54, 1.807) is 6.26 Å². The Hall–Kier alpha value is -0.710. The number of rotatable bonds is 3. The van der Waals surface area contributed by atoms with E-state index in [1.165, 1.54) is 0 Å². The average Bonchev–Trinajstić information content (AvgIpc) is 1.83. The third-order valence-electron chi connectivity index (χ3n) is 1.13. The molecule has 0 aromatic carbocycles. The molecular formula is C6H11NO. The van der Waals surface area contributed by atoms with Crippen LogP contribution < -0.4 is 0 Å². The highest BCUT2D eigenvalue weighted by Crippen LogP contribution is 1.98. The van der Waals surface area contributed by atoms with Crippen molar-refractivity contribution in [3.8, 4) is 6.26 Å². The largest absolute Gasteiger partial charge is 0.427 e. The Labute approximate surface area is 50.1 Å². The molecular weight excluding hydrogens is 102 g/mol. The van der Waals surface area contributed by atoms with E-state index in [9.17, 15) is 0 Å². The summed E-state index contributed by atoms with van der Waals surface area (Å²) in [6.07, 6.45) is 2.70. The predicted octanol–water partition coefficient (Wildman–Crippen LogP) is 1.53. The van der Waals surface area contributed by atoms with Gasteiger partial charge in [-0.05, 0) is 5.92 Å². The molecule has 0 aromatic heterocycles. The minimum atomic E-state index is 0.509. The summed E-state index contributed by atoms with van der Waals surface area (Å²) in [6, 6.07) is 0. The monoisotopic (exact) mass is 113 g/mol. The fourth-order valence-corrected chi connectivity index (χ4v) is 0.297. The van der Waals surface area contributed by atoms with E-state index in [4.69, 9.17) is 5.26 Å². The smallest absolute Gasteiger partial charge is 0.286 e. The number of nitriles is 1. The highest BCUT2D eigenvalue weighted by Gasteiger charge is 1.95. The molecule has 0 saturated carbocycles. The van der Waals surface area contributed by atoms with Gasteiger partial charge in [0.05, 0.1) is 0 Å². The first-order chi connectivity index (χ1) is 3.81. The average molecular weight is 113 g/mol. The lowest BCUT2D eigenvalue weighted by Crippen LogP contribution is -2.00. The first-order valence-corrected chi connectivity index (χ1v) is 2.82. The van der Waals surface area contributed by atoms with Gasteiger partial charge in [-0.25, -0.2) is 0 Å². The van der Waals surface area contributed by atoms with Crippen LogP contribution in [0.5, 0.6) is 0 Å². The van der Waals surface area contributed by atoms with Crippen LogP contribution in [0.1, 0.15) is 20.3 Å². The van der Waals surface area contributed by atoms with Gasteiger partial charge >= 0.3 is 0 Å². The Bertz CT molecular complexity index is 85.0. The molecule has 1 atom stereocenters. The second-order valence-corrected chi connectivity index (χ2v) is 1.92. The van der Waals surface area contributed by atoms with E-state index in [0.29, 0.717) is 12.5 Å². The van der Waals surface area contributed by atoms with Crippen LogP contribution in [0.3, 0.4) is 0 Å². The molecule has 0 amide bonds. The summed E-state index contributed by atoms with van der Waals surface area (Å²) in [5.74, 6) is 0.509. The van der Waals surface area contributed by atoms with Crippen molar-refractivity contribution in [2.24, 2.45) is 5.92 Å². The molecule has 0 heterocycles. The van der Waals surface area contributed by atoms with E-state index < -0.39 is 0 Å². The number of nitrogens with zero attached hydrogens (tertiary/aromatic N) is 1. The van der Waals surface area contributed by atoms with Crippen molar-refractivity contribution in [1.82, 2.24) is 0 Å². The van der Waals surface area contributed by atoms with Crippen molar-refractivity contribution >= 4 is 0 Å². The Morgan fingerprint density at radius 3 is 2.75 bits per heavy atom. The molecule has 2 heteroatoms. The van der Waals surface area contributed by atoms with Gasteiger partial charge in [0.1, 0.15) is 6.61 Å². The maximum absolute atomic E-state index is 7.94. The molecule has 46 valence electrons. The molecule has 0 aliphatic rings. The van der Waals surface area contributed by atoms with E-state index in [-0.39, 0.29) is 0 Å². The van der Waals surface area contributed by atoms with Gasteiger partial charge < -0.3 is 4.74 Å². The predicted molar refractivity (Wildman–Crippen MR) is 31.0 cm³/mol. The third kappa shape index (κ3) is 3.48. The van der Waals surface area contributed by atoms with Crippen molar-refractivity contribution < 1.29 is 4.74 Å². The zero-order valence-corrected chi connectivity index (χ0v) is 5.35. The molecule has 0 radical (unpaired) electrons. The summed E-state index contributed by atoms with van der Waals surface area (Å²) < 4.78 is 4.49. The molecule has 0 spiro atoms. The summed E-state index contributed by atoms with van der Waals surface area (Å²) in [5, 5.41) is 7.94. The Morgan fingerprint density at radius 1 is 1.75 bits per heavy atom. The minimum Gasteiger partial charge on any atom is -0.427 e. The second kappa shape index (κ2) is 4.45. The van der Waals surface area contributed by atoms with Gasteiger partial charge in [0, 0.05) is 0 Å². The van der Waals surface area contributed by atoms with Crippen LogP contribution >= 0.6 is 0 Å². The number of hydrogen-bond donors (Lipinski definition) is 0. The highest BCUT2D eigenvalue weighted by molar-refractivity contribution is 4.52. The van der Waals surface area contributed by atoms with Crippen LogP contribution in [0.2, 0.25) is 0 Å². The SMILES string of the molecule is CCC(C)COC#N. The van der Waals surface area contributed by atoms with Gasteiger partial charge in [-0.2, -0.15) is 5.26 Å². The standard InChI is InChI=1S/C6H11NO/c1-3-6(2)4-8-5-7/h6H,3-4H2,1-2H3. The molecule has 0 rings (SSSR count). The van der Waals surface area contributed by atoms with Crippen LogP contribution in [0, 0.1) is 17.4 Å². The fourth-order valence-electron chi connectivity index (χ4n) is 0.297. The topological polar surface area (TPSA) is 33.0 Å². The van der Waals surface area contributed by atoms with E-state index in [2.05, 4.69) is 18.6 Å². The van der Waals surface area contributed by atoms with Crippen LogP contribution in [-0.2, 0) is 4.74 Å². The molecule has 0 saturated heterocycles. The number of ether oxygens (including phenoxy) is 1. The lowest BCUT2D eigenvalue weighted by molar-refractivity contribution is 0.217. The molecule has 0 fully saturated rings. The quantitative estimate of drug-likeness (QED) is 0.520. The molecule has 8 heavy (non-hydrogen) atoms. The van der Waals surface area contributed by atoms with Crippen molar-refractivity contribution in [2.75, 3.05) is 6.61 Å². The Kier molecular flexibility index (Phi) is 4.05. The summed E-state index contributed by atoms with van der Waals surface area (Å²) >= 11 is 0. The summed E-state index contributed by atoms with van der Waals surface area (Å²) in [7, 11) is 0. The van der Waals surface area contributed by atoms with Gasteiger partial charge in [0.15, 0.2) is 0 Å². The lowest BCUT2D eigenvalue weighted by Gasteiger charge is -2.02. The van der Waals surface area contributed by atoms with Crippen LogP contribution in [0.25, 0.3) is 0 Å². The van der Waals surface area contributed by atoms with Crippen molar-refractivity contribution in [3.63, 3.8) is 0 Å². The lowest BCUT2D eigenvalue weighted by atomic mass is 10.1. The van der Waals surface area contributed by atoms with Crippen molar-refractivity contribution in [2.45, 2.75) is 20.3 Å². The summed E-state index contributed by atoms with van der Waals surface area (Å²) in [5.41, 5.74) is 0. The minimum absolute atomic E-state index is 0.509. The molecule has 0 bridgehead atoms. The van der Waals surface area contributed by atoms with E-state index >= 15 is 0 Å². The fraction of sp³-hybridized carbons (Fsp3) is 0.833. The molecule has 0 N–H and O–H groups in total. The van der Waals surface area contributed by atoms with Gasteiger partial charge in [-0.3, -0.25) is 0 Å². The third-order valence-corrected chi connectivity index (χ3v) is 1.13. The molecule has 0 aliphatic carbocycles.